The van der Waals surface area contributed by atoms with E-state index < -0.39 is 0 Å². The Kier molecular flexibility index (Phi) is 4.79. The molecular weight excluding hydrogens is 216 g/mol. The lowest BCUT2D eigenvalue weighted by Crippen LogP contribution is -2.02. The molecule has 1 rings (SSSR count). The van der Waals surface area contributed by atoms with Crippen molar-refractivity contribution in [3.8, 4) is 0 Å². The fourth-order valence-corrected chi connectivity index (χ4v) is 2.26. The molecular formula is C11H15ClOS. The van der Waals surface area contributed by atoms with Gasteiger partial charge in [0.05, 0.1) is 6.61 Å². The van der Waals surface area contributed by atoms with E-state index in [9.17, 15) is 0 Å². The molecule has 78 valence electrons. The molecule has 0 spiro atoms. The lowest BCUT2D eigenvalue weighted by molar-refractivity contribution is 0.300. The number of aliphatic hydroxyl groups excluding tert-OH is 1. The smallest absolute Gasteiger partial charge is 0.0547 e. The first-order chi connectivity index (χ1) is 6.63. The van der Waals surface area contributed by atoms with Crippen LogP contribution in [0, 0.1) is 6.92 Å². The van der Waals surface area contributed by atoms with E-state index in [0.29, 0.717) is 0 Å². The van der Waals surface area contributed by atoms with Crippen molar-refractivity contribution < 1.29 is 5.11 Å². The van der Waals surface area contributed by atoms with E-state index in [2.05, 4.69) is 12.1 Å². The molecule has 3 heteroatoms. The maximum absolute atomic E-state index is 8.87. The van der Waals surface area contributed by atoms with Gasteiger partial charge in [-0.25, -0.2) is 0 Å². The predicted molar refractivity (Wildman–Crippen MR) is 64.0 cm³/mol. The Morgan fingerprint density at radius 3 is 2.79 bits per heavy atom. The van der Waals surface area contributed by atoms with E-state index in [1.165, 1.54) is 5.56 Å². The number of rotatable bonds is 4. The number of benzene rings is 1. The third kappa shape index (κ3) is 3.52. The second kappa shape index (κ2) is 5.64. The van der Waals surface area contributed by atoms with Crippen molar-refractivity contribution in [1.82, 2.24) is 0 Å². The van der Waals surface area contributed by atoms with Crippen LogP contribution in [0.3, 0.4) is 0 Å². The summed E-state index contributed by atoms with van der Waals surface area (Å²) in [5.41, 5.74) is 2.32. The lowest BCUT2D eigenvalue weighted by atomic mass is 10.2. The SMILES string of the molecule is Cc1ccc(CSC(C)CO)c(Cl)c1. The van der Waals surface area contributed by atoms with Crippen LogP contribution < -0.4 is 0 Å². The Labute approximate surface area is 94.5 Å². The van der Waals surface area contributed by atoms with Crippen LogP contribution in [0.4, 0.5) is 0 Å². The highest BCUT2D eigenvalue weighted by Gasteiger charge is 2.04. The van der Waals surface area contributed by atoms with Gasteiger partial charge in [0.25, 0.3) is 0 Å². The topological polar surface area (TPSA) is 20.2 Å². The molecule has 0 amide bonds. The Hall–Kier alpha value is -0.180. The summed E-state index contributed by atoms with van der Waals surface area (Å²) in [5.74, 6) is 0.862. The predicted octanol–water partition coefficient (Wildman–Crippen LogP) is 3.26. The van der Waals surface area contributed by atoms with Gasteiger partial charge in [0, 0.05) is 16.0 Å². The molecule has 0 radical (unpaired) electrons. The highest BCUT2D eigenvalue weighted by Crippen LogP contribution is 2.24. The fourth-order valence-electron chi connectivity index (χ4n) is 1.05. The standard InChI is InChI=1S/C11H15ClOS/c1-8-3-4-10(11(12)5-8)7-14-9(2)6-13/h3-5,9,13H,6-7H2,1-2H3. The summed E-state index contributed by atoms with van der Waals surface area (Å²) >= 11 is 7.80. The summed E-state index contributed by atoms with van der Waals surface area (Å²) in [7, 11) is 0. The highest BCUT2D eigenvalue weighted by molar-refractivity contribution is 7.99. The van der Waals surface area contributed by atoms with Crippen molar-refractivity contribution in [3.63, 3.8) is 0 Å². The molecule has 0 aliphatic carbocycles. The monoisotopic (exact) mass is 230 g/mol. The molecule has 1 N–H and O–H groups in total. The number of thioether (sulfide) groups is 1. The van der Waals surface area contributed by atoms with Crippen LogP contribution in [0.1, 0.15) is 18.1 Å². The number of hydrogen-bond donors (Lipinski definition) is 1. The number of halogens is 1. The molecule has 1 nitrogen and oxygen atoms in total. The van der Waals surface area contributed by atoms with E-state index in [0.717, 1.165) is 16.3 Å². The van der Waals surface area contributed by atoms with Gasteiger partial charge < -0.3 is 5.11 Å². The molecule has 0 fully saturated rings. The molecule has 1 aromatic rings. The van der Waals surface area contributed by atoms with Crippen molar-refractivity contribution in [2.75, 3.05) is 6.61 Å². The highest BCUT2D eigenvalue weighted by atomic mass is 35.5. The molecule has 0 aromatic heterocycles. The average molecular weight is 231 g/mol. The first kappa shape index (κ1) is 11.9. The lowest BCUT2D eigenvalue weighted by Gasteiger charge is -2.09. The van der Waals surface area contributed by atoms with Crippen molar-refractivity contribution in [2.24, 2.45) is 0 Å². The largest absolute Gasteiger partial charge is 0.395 e. The molecule has 1 unspecified atom stereocenters. The van der Waals surface area contributed by atoms with Crippen LogP contribution >= 0.6 is 23.4 Å². The first-order valence-electron chi connectivity index (χ1n) is 4.61. The average Bonchev–Trinajstić information content (AvgIpc) is 2.16. The maximum Gasteiger partial charge on any atom is 0.0547 e. The van der Waals surface area contributed by atoms with Gasteiger partial charge in [0.15, 0.2) is 0 Å². The molecule has 0 bridgehead atoms. The van der Waals surface area contributed by atoms with Crippen molar-refractivity contribution in [3.05, 3.63) is 34.3 Å². The van der Waals surface area contributed by atoms with E-state index in [1.54, 1.807) is 11.8 Å². The number of aliphatic hydroxyl groups is 1. The van der Waals surface area contributed by atoms with E-state index in [1.807, 2.05) is 19.9 Å². The van der Waals surface area contributed by atoms with Crippen LogP contribution in [0.2, 0.25) is 5.02 Å². The van der Waals surface area contributed by atoms with E-state index in [4.69, 9.17) is 16.7 Å². The summed E-state index contributed by atoms with van der Waals surface area (Å²) in [6.45, 7) is 4.25. The molecule has 14 heavy (non-hydrogen) atoms. The molecule has 0 saturated heterocycles. The van der Waals surface area contributed by atoms with Crippen LogP contribution in [-0.4, -0.2) is 17.0 Å². The van der Waals surface area contributed by atoms with Crippen molar-refractivity contribution in [2.45, 2.75) is 24.9 Å². The van der Waals surface area contributed by atoms with Gasteiger partial charge in [-0.3, -0.25) is 0 Å². The Morgan fingerprint density at radius 1 is 1.50 bits per heavy atom. The number of aryl methyl sites for hydroxylation is 1. The maximum atomic E-state index is 8.87. The van der Waals surface area contributed by atoms with Gasteiger partial charge in [0.2, 0.25) is 0 Å². The van der Waals surface area contributed by atoms with Gasteiger partial charge >= 0.3 is 0 Å². The van der Waals surface area contributed by atoms with Crippen molar-refractivity contribution >= 4 is 23.4 Å². The quantitative estimate of drug-likeness (QED) is 0.857. The minimum absolute atomic E-state index is 0.216. The van der Waals surface area contributed by atoms with E-state index >= 15 is 0 Å². The van der Waals surface area contributed by atoms with Gasteiger partial charge in [-0.15, -0.1) is 0 Å². The van der Waals surface area contributed by atoms with E-state index in [-0.39, 0.29) is 11.9 Å². The number of hydrogen-bond acceptors (Lipinski definition) is 2. The summed E-state index contributed by atoms with van der Waals surface area (Å²) in [6, 6.07) is 6.08. The summed E-state index contributed by atoms with van der Waals surface area (Å²) in [6.07, 6.45) is 0. The van der Waals surface area contributed by atoms with Crippen LogP contribution in [0.15, 0.2) is 18.2 Å². The zero-order chi connectivity index (χ0) is 10.6. The second-order valence-electron chi connectivity index (χ2n) is 3.40. The molecule has 0 heterocycles. The zero-order valence-corrected chi connectivity index (χ0v) is 10.0. The second-order valence-corrected chi connectivity index (χ2v) is 5.23. The third-order valence-electron chi connectivity index (χ3n) is 1.99. The molecule has 1 aromatic carbocycles. The minimum atomic E-state index is 0.216. The van der Waals surface area contributed by atoms with Gasteiger partial charge in [0.1, 0.15) is 0 Å². The fraction of sp³-hybridized carbons (Fsp3) is 0.455. The van der Waals surface area contributed by atoms with Crippen molar-refractivity contribution in [1.29, 1.82) is 0 Å². The normalized spacial score (nSPS) is 12.9. The first-order valence-corrected chi connectivity index (χ1v) is 6.03. The Bertz CT molecular complexity index is 301. The Balaban J connectivity index is 2.59. The molecule has 0 aliphatic heterocycles. The van der Waals surface area contributed by atoms with Gasteiger partial charge in [-0.1, -0.05) is 30.7 Å². The summed E-state index contributed by atoms with van der Waals surface area (Å²) in [5, 5.41) is 9.96. The van der Waals surface area contributed by atoms with Gasteiger partial charge in [-0.2, -0.15) is 11.8 Å². The molecule has 0 aliphatic rings. The third-order valence-corrected chi connectivity index (χ3v) is 3.54. The summed E-state index contributed by atoms with van der Waals surface area (Å²) < 4.78 is 0. The Morgan fingerprint density at radius 2 is 2.21 bits per heavy atom. The van der Waals surface area contributed by atoms with Crippen LogP contribution in [0.25, 0.3) is 0 Å². The van der Waals surface area contributed by atoms with Crippen LogP contribution in [0.5, 0.6) is 0 Å². The summed E-state index contributed by atoms with van der Waals surface area (Å²) in [4.78, 5) is 0. The van der Waals surface area contributed by atoms with Crippen LogP contribution in [-0.2, 0) is 5.75 Å². The van der Waals surface area contributed by atoms with Gasteiger partial charge in [-0.05, 0) is 24.1 Å². The molecule has 1 atom stereocenters. The minimum Gasteiger partial charge on any atom is -0.395 e. The molecule has 0 saturated carbocycles. The zero-order valence-electron chi connectivity index (χ0n) is 8.46.